The highest BCUT2D eigenvalue weighted by Crippen LogP contribution is 2.40. The molecule has 0 spiro atoms. The van der Waals surface area contributed by atoms with Gasteiger partial charge in [0.25, 0.3) is 7.82 Å². The van der Waals surface area contributed by atoms with Gasteiger partial charge in [0.1, 0.15) is 13.2 Å². The van der Waals surface area contributed by atoms with E-state index in [1.54, 1.807) is 7.11 Å². The largest absolute Gasteiger partial charge is 0.756 e. The summed E-state index contributed by atoms with van der Waals surface area (Å²) >= 11 is 0. The zero-order valence-electron chi connectivity index (χ0n) is 24.6. The molecule has 1 saturated heterocycles. The highest BCUT2D eigenvalue weighted by molar-refractivity contribution is 7.45. The molecule has 7 nitrogen and oxygen atoms in total. The monoisotopic (exact) mass is 549 g/mol. The number of likely N-dealkylation sites (tertiary alicyclic amines) is 1. The normalized spacial score (nSPS) is 18.1. The van der Waals surface area contributed by atoms with Crippen molar-refractivity contribution in [2.45, 2.75) is 129 Å². The quantitative estimate of drug-likeness (QED) is 0.0655. The first-order chi connectivity index (χ1) is 17.9. The zero-order valence-corrected chi connectivity index (χ0v) is 25.5. The van der Waals surface area contributed by atoms with Crippen molar-refractivity contribution in [1.29, 1.82) is 0 Å². The summed E-state index contributed by atoms with van der Waals surface area (Å²) in [4.78, 5) is 12.4. The molecule has 1 rings (SSSR count). The number of unbranched alkanes of at least 4 members (excludes halogenated alkanes) is 13. The lowest BCUT2D eigenvalue weighted by molar-refractivity contribution is -0.914. The summed E-state index contributed by atoms with van der Waals surface area (Å²) in [6.07, 6.45) is 22.1. The van der Waals surface area contributed by atoms with E-state index in [0.717, 1.165) is 30.4 Å². The van der Waals surface area contributed by atoms with E-state index in [1.807, 2.05) is 0 Å². The van der Waals surface area contributed by atoms with Crippen LogP contribution in [0.15, 0.2) is 0 Å². The molecular formula is C29H60NO6P. The molecule has 1 aliphatic rings. The maximum Gasteiger partial charge on any atom is 0.268 e. The minimum Gasteiger partial charge on any atom is -0.756 e. The third kappa shape index (κ3) is 20.5. The topological polar surface area (TPSA) is 77.1 Å². The van der Waals surface area contributed by atoms with Gasteiger partial charge in [-0.3, -0.25) is 4.57 Å². The van der Waals surface area contributed by atoms with Crippen LogP contribution in [-0.4, -0.2) is 70.8 Å². The zero-order chi connectivity index (χ0) is 27.1. The molecule has 2 unspecified atom stereocenters. The van der Waals surface area contributed by atoms with Gasteiger partial charge in [0.05, 0.1) is 32.8 Å². The maximum absolute atomic E-state index is 12.4. The second-order valence-electron chi connectivity index (χ2n) is 11.3. The molecule has 0 aromatic carbocycles. The van der Waals surface area contributed by atoms with Crippen molar-refractivity contribution in [2.24, 2.45) is 0 Å². The molecule has 37 heavy (non-hydrogen) atoms. The number of ether oxygens (including phenoxy) is 2. The Labute approximate surface area is 229 Å². The van der Waals surface area contributed by atoms with Gasteiger partial charge in [0.2, 0.25) is 0 Å². The van der Waals surface area contributed by atoms with Crippen LogP contribution >= 0.6 is 7.82 Å². The number of hydrogen-bond acceptors (Lipinski definition) is 6. The lowest BCUT2D eigenvalue weighted by atomic mass is 10.0. The molecule has 0 aromatic rings. The van der Waals surface area contributed by atoms with Gasteiger partial charge < -0.3 is 27.9 Å². The molecule has 0 aliphatic carbocycles. The molecule has 1 heterocycles. The minimum atomic E-state index is -4.37. The number of piperidine rings is 1. The van der Waals surface area contributed by atoms with Crippen LogP contribution in [-0.2, 0) is 23.1 Å². The van der Waals surface area contributed by atoms with Crippen LogP contribution in [0.25, 0.3) is 0 Å². The summed E-state index contributed by atoms with van der Waals surface area (Å²) in [5, 5.41) is 0. The standard InChI is InChI=1S/C29H60NO6P/c1-4-5-6-7-8-9-10-11-12-13-14-15-16-20-25-34-28-29(21-26-33-3)36-37(31,32)35-27-24-30(2)22-18-17-19-23-30/h29H,4-28H2,1-3H3. The van der Waals surface area contributed by atoms with Crippen LogP contribution in [0.5, 0.6) is 0 Å². The Bertz CT molecular complexity index is 559. The number of phosphoric ester groups is 1. The Kier molecular flexibility index (Phi) is 21.5. The number of nitrogens with zero attached hydrogens (tertiary/aromatic N) is 1. The number of hydrogen-bond donors (Lipinski definition) is 0. The van der Waals surface area contributed by atoms with E-state index in [0.29, 0.717) is 26.2 Å². The summed E-state index contributed by atoms with van der Waals surface area (Å²) in [7, 11) is -0.601. The van der Waals surface area contributed by atoms with E-state index in [1.165, 1.54) is 96.3 Å². The third-order valence-corrected chi connectivity index (χ3v) is 8.70. The van der Waals surface area contributed by atoms with Crippen LogP contribution in [0, 0.1) is 0 Å². The van der Waals surface area contributed by atoms with E-state index in [4.69, 9.17) is 18.5 Å². The Hall–Kier alpha value is -0.0100. The van der Waals surface area contributed by atoms with E-state index < -0.39 is 13.9 Å². The molecule has 0 amide bonds. The average Bonchev–Trinajstić information content (AvgIpc) is 2.87. The van der Waals surface area contributed by atoms with Crippen molar-refractivity contribution in [1.82, 2.24) is 0 Å². The van der Waals surface area contributed by atoms with Gasteiger partial charge in [0, 0.05) is 20.3 Å². The molecule has 0 N–H and O–H groups in total. The number of methoxy groups -OCH3 is 1. The Morgan fingerprint density at radius 1 is 0.784 bits per heavy atom. The first-order valence-electron chi connectivity index (χ1n) is 15.4. The van der Waals surface area contributed by atoms with Crippen molar-refractivity contribution >= 4 is 7.82 Å². The molecule has 0 radical (unpaired) electrons. The first kappa shape index (κ1) is 35.0. The Balaban J connectivity index is 2.06. The fourth-order valence-corrected chi connectivity index (χ4v) is 6.01. The van der Waals surface area contributed by atoms with Gasteiger partial charge in [-0.1, -0.05) is 90.4 Å². The van der Waals surface area contributed by atoms with Gasteiger partial charge in [-0.05, 0) is 32.1 Å². The number of phosphoric acid groups is 1. The first-order valence-corrected chi connectivity index (χ1v) is 16.9. The smallest absolute Gasteiger partial charge is 0.268 e. The molecule has 0 bridgehead atoms. The molecular weight excluding hydrogens is 489 g/mol. The van der Waals surface area contributed by atoms with Crippen LogP contribution in [0.2, 0.25) is 0 Å². The highest BCUT2D eigenvalue weighted by atomic mass is 31.2. The third-order valence-electron chi connectivity index (χ3n) is 7.64. The molecule has 0 saturated carbocycles. The Morgan fingerprint density at radius 3 is 1.86 bits per heavy atom. The van der Waals surface area contributed by atoms with Gasteiger partial charge in [-0.15, -0.1) is 0 Å². The molecule has 0 aromatic heterocycles. The molecule has 1 fully saturated rings. The van der Waals surface area contributed by atoms with Crippen molar-refractivity contribution in [2.75, 3.05) is 60.2 Å². The average molecular weight is 550 g/mol. The molecule has 1 aliphatic heterocycles. The van der Waals surface area contributed by atoms with Crippen LogP contribution in [0.3, 0.4) is 0 Å². The van der Waals surface area contributed by atoms with Crippen LogP contribution < -0.4 is 4.89 Å². The highest BCUT2D eigenvalue weighted by Gasteiger charge is 2.26. The summed E-state index contributed by atoms with van der Waals surface area (Å²) in [6.45, 7) is 6.57. The van der Waals surface area contributed by atoms with Gasteiger partial charge in [0.15, 0.2) is 0 Å². The summed E-state index contributed by atoms with van der Waals surface area (Å²) in [5.41, 5.74) is 0. The fraction of sp³-hybridized carbons (Fsp3) is 1.00. The number of rotatable bonds is 26. The van der Waals surface area contributed by atoms with E-state index in [9.17, 15) is 9.46 Å². The van der Waals surface area contributed by atoms with Crippen LogP contribution in [0.4, 0.5) is 0 Å². The predicted octanol–water partition coefficient (Wildman–Crippen LogP) is 7.02. The number of quaternary nitrogens is 1. The second kappa shape index (κ2) is 22.8. The molecule has 222 valence electrons. The Morgan fingerprint density at radius 2 is 1.32 bits per heavy atom. The summed E-state index contributed by atoms with van der Waals surface area (Å²) in [6, 6.07) is 0. The van der Waals surface area contributed by atoms with Crippen molar-refractivity contribution in [3.05, 3.63) is 0 Å². The predicted molar refractivity (Wildman–Crippen MR) is 151 cm³/mol. The van der Waals surface area contributed by atoms with Gasteiger partial charge in [-0.2, -0.15) is 0 Å². The molecule has 2 atom stereocenters. The SMILES string of the molecule is CCCCCCCCCCCCCCCCOCC(CCOC)OP(=O)([O-])OCC[N+]1(C)CCCCC1. The van der Waals surface area contributed by atoms with Crippen molar-refractivity contribution < 1.29 is 32.5 Å². The van der Waals surface area contributed by atoms with Crippen molar-refractivity contribution in [3.8, 4) is 0 Å². The lowest BCUT2D eigenvalue weighted by Crippen LogP contribution is -2.49. The summed E-state index contributed by atoms with van der Waals surface area (Å²) < 4.78 is 34.7. The fourth-order valence-electron chi connectivity index (χ4n) is 5.11. The van der Waals surface area contributed by atoms with Gasteiger partial charge in [-0.25, -0.2) is 0 Å². The number of likely N-dealkylation sites (N-methyl/N-ethyl adjacent to an activating group) is 1. The van der Waals surface area contributed by atoms with E-state index in [-0.39, 0.29) is 13.2 Å². The maximum atomic E-state index is 12.4. The minimum absolute atomic E-state index is 0.161. The van der Waals surface area contributed by atoms with E-state index >= 15 is 0 Å². The van der Waals surface area contributed by atoms with Crippen LogP contribution in [0.1, 0.15) is 122 Å². The summed E-state index contributed by atoms with van der Waals surface area (Å²) in [5.74, 6) is 0. The lowest BCUT2D eigenvalue weighted by Gasteiger charge is -2.38. The van der Waals surface area contributed by atoms with E-state index in [2.05, 4.69) is 14.0 Å². The molecule has 8 heteroatoms. The second-order valence-corrected chi connectivity index (χ2v) is 12.7. The van der Waals surface area contributed by atoms with Gasteiger partial charge >= 0.3 is 0 Å². The van der Waals surface area contributed by atoms with Crippen molar-refractivity contribution in [3.63, 3.8) is 0 Å².